The van der Waals surface area contributed by atoms with Gasteiger partial charge in [0.2, 0.25) is 0 Å². The predicted molar refractivity (Wildman–Crippen MR) is 82.8 cm³/mol. The van der Waals surface area contributed by atoms with Crippen LogP contribution >= 0.6 is 0 Å². The van der Waals surface area contributed by atoms with Gasteiger partial charge in [-0.25, -0.2) is 4.98 Å². The van der Waals surface area contributed by atoms with E-state index < -0.39 is 0 Å². The Hall–Kier alpha value is -1.36. The van der Waals surface area contributed by atoms with Crippen molar-refractivity contribution in [2.45, 2.75) is 63.5 Å². The van der Waals surface area contributed by atoms with Crippen molar-refractivity contribution in [2.75, 3.05) is 19.7 Å². The fourth-order valence-electron chi connectivity index (χ4n) is 3.90. The van der Waals surface area contributed by atoms with E-state index in [1.807, 2.05) is 11.1 Å². The number of aryl methyl sites for hydroxylation is 1. The Morgan fingerprint density at radius 1 is 1.23 bits per heavy atom. The molecule has 4 rings (SSSR count). The Morgan fingerprint density at radius 2 is 2.00 bits per heavy atom. The summed E-state index contributed by atoms with van der Waals surface area (Å²) in [4.78, 5) is 19.1. The van der Waals surface area contributed by atoms with E-state index in [2.05, 4.69) is 16.5 Å². The van der Waals surface area contributed by atoms with Gasteiger partial charge in [-0.3, -0.25) is 4.79 Å². The maximum absolute atomic E-state index is 12.4. The molecule has 22 heavy (non-hydrogen) atoms. The molecule has 2 aliphatic heterocycles. The van der Waals surface area contributed by atoms with Gasteiger partial charge in [0.15, 0.2) is 0 Å². The van der Waals surface area contributed by atoms with E-state index in [1.54, 1.807) is 0 Å². The number of piperidine rings is 1. The summed E-state index contributed by atoms with van der Waals surface area (Å²) >= 11 is 0. The summed E-state index contributed by atoms with van der Waals surface area (Å²) in [5, 5.41) is 0. The van der Waals surface area contributed by atoms with Crippen LogP contribution < -0.4 is 0 Å². The van der Waals surface area contributed by atoms with Gasteiger partial charge >= 0.3 is 0 Å². The minimum Gasteiger partial charge on any atom is -0.368 e. The molecule has 1 aromatic heterocycles. The molecule has 3 fully saturated rings. The van der Waals surface area contributed by atoms with Gasteiger partial charge in [-0.2, -0.15) is 0 Å². The van der Waals surface area contributed by atoms with Crippen LogP contribution in [0.1, 0.15) is 62.0 Å². The first-order chi connectivity index (χ1) is 10.7. The van der Waals surface area contributed by atoms with Crippen LogP contribution in [0.3, 0.4) is 0 Å². The second-order valence-electron chi connectivity index (χ2n) is 6.96. The highest BCUT2D eigenvalue weighted by atomic mass is 16.5. The van der Waals surface area contributed by atoms with Crippen molar-refractivity contribution in [2.24, 2.45) is 0 Å². The van der Waals surface area contributed by atoms with Gasteiger partial charge in [0.25, 0.3) is 5.91 Å². The van der Waals surface area contributed by atoms with E-state index in [0.29, 0.717) is 12.0 Å². The highest BCUT2D eigenvalue weighted by Gasteiger charge is 2.34. The Bertz CT molecular complexity index is 550. The first-order valence-electron chi connectivity index (χ1n) is 8.68. The summed E-state index contributed by atoms with van der Waals surface area (Å²) in [6, 6.07) is 0.506. The van der Waals surface area contributed by atoms with E-state index in [4.69, 9.17) is 4.74 Å². The molecule has 1 unspecified atom stereocenters. The number of rotatable bonds is 3. The molecule has 5 heteroatoms. The van der Waals surface area contributed by atoms with Crippen molar-refractivity contribution in [3.05, 3.63) is 17.7 Å². The molecule has 1 amide bonds. The molecule has 0 spiro atoms. The second-order valence-corrected chi connectivity index (χ2v) is 6.96. The number of hydrogen-bond donors (Lipinski definition) is 0. The monoisotopic (exact) mass is 303 g/mol. The second kappa shape index (κ2) is 5.69. The number of nitrogens with zero attached hydrogens (tertiary/aromatic N) is 3. The lowest BCUT2D eigenvalue weighted by Crippen LogP contribution is -2.44. The zero-order chi connectivity index (χ0) is 15.1. The van der Waals surface area contributed by atoms with Gasteiger partial charge < -0.3 is 14.2 Å². The average molecular weight is 303 g/mol. The molecule has 3 heterocycles. The number of carbonyl (C=O) groups is 1. The lowest BCUT2D eigenvalue weighted by molar-refractivity contribution is -0.142. The van der Waals surface area contributed by atoms with Gasteiger partial charge in [0.05, 0.1) is 0 Å². The van der Waals surface area contributed by atoms with Gasteiger partial charge in [0, 0.05) is 43.5 Å². The first-order valence-corrected chi connectivity index (χ1v) is 8.68. The van der Waals surface area contributed by atoms with Crippen LogP contribution in [-0.4, -0.2) is 46.2 Å². The van der Waals surface area contributed by atoms with Crippen LogP contribution in [-0.2, 0) is 9.53 Å². The third kappa shape index (κ3) is 2.56. The molecule has 1 saturated carbocycles. The predicted octanol–water partition coefficient (Wildman–Crippen LogP) is 2.41. The van der Waals surface area contributed by atoms with E-state index in [1.165, 1.54) is 24.4 Å². The number of imidazole rings is 1. The Balaban J connectivity index is 1.41. The largest absolute Gasteiger partial charge is 0.368 e. The summed E-state index contributed by atoms with van der Waals surface area (Å²) in [6.07, 6.45) is 8.40. The van der Waals surface area contributed by atoms with Crippen molar-refractivity contribution in [3.63, 3.8) is 0 Å². The molecule has 2 saturated heterocycles. The van der Waals surface area contributed by atoms with E-state index in [0.717, 1.165) is 45.4 Å². The van der Waals surface area contributed by atoms with Gasteiger partial charge in [-0.15, -0.1) is 0 Å². The molecule has 0 radical (unpaired) electrons. The molecular formula is C17H25N3O2. The third-order valence-electron chi connectivity index (χ3n) is 5.30. The highest BCUT2D eigenvalue weighted by Crippen LogP contribution is 2.41. The summed E-state index contributed by atoms with van der Waals surface area (Å²) in [5.41, 5.74) is 1.27. The zero-order valence-corrected chi connectivity index (χ0v) is 13.3. The summed E-state index contributed by atoms with van der Waals surface area (Å²) < 4.78 is 7.99. The van der Waals surface area contributed by atoms with E-state index in [9.17, 15) is 4.79 Å². The number of amides is 1. The molecule has 120 valence electrons. The minimum atomic E-state index is -0.173. The van der Waals surface area contributed by atoms with Crippen LogP contribution in [0.2, 0.25) is 0 Å². The number of hydrogen-bond acceptors (Lipinski definition) is 3. The molecule has 0 aromatic carbocycles. The van der Waals surface area contributed by atoms with Crippen LogP contribution in [0.25, 0.3) is 0 Å². The quantitative estimate of drug-likeness (QED) is 0.861. The number of ether oxygens (including phenoxy) is 1. The molecule has 3 aliphatic rings. The van der Waals surface area contributed by atoms with Crippen molar-refractivity contribution in [1.82, 2.24) is 14.5 Å². The molecule has 5 nitrogen and oxygen atoms in total. The van der Waals surface area contributed by atoms with Crippen LogP contribution in [0, 0.1) is 6.92 Å². The van der Waals surface area contributed by atoms with Gasteiger partial charge in [-0.1, -0.05) is 0 Å². The van der Waals surface area contributed by atoms with Gasteiger partial charge in [0.1, 0.15) is 11.9 Å². The molecule has 1 aromatic rings. The number of likely N-dealkylation sites (tertiary alicyclic amines) is 1. The van der Waals surface area contributed by atoms with Crippen molar-refractivity contribution < 1.29 is 9.53 Å². The Labute approximate surface area is 131 Å². The SMILES string of the molecule is Cc1cnc(C2CC2)n1C1CCN(C(=O)C2CCCO2)CC1. The fourth-order valence-corrected chi connectivity index (χ4v) is 3.90. The highest BCUT2D eigenvalue weighted by molar-refractivity contribution is 5.81. The van der Waals surface area contributed by atoms with E-state index >= 15 is 0 Å². The Morgan fingerprint density at radius 3 is 2.64 bits per heavy atom. The molecule has 1 aliphatic carbocycles. The fraction of sp³-hybridized carbons (Fsp3) is 0.765. The summed E-state index contributed by atoms with van der Waals surface area (Å²) in [6.45, 7) is 4.60. The number of aromatic nitrogens is 2. The van der Waals surface area contributed by atoms with Gasteiger partial charge in [-0.05, 0) is 45.4 Å². The molecule has 0 N–H and O–H groups in total. The van der Waals surface area contributed by atoms with Crippen LogP contribution in [0.5, 0.6) is 0 Å². The molecule has 0 bridgehead atoms. The lowest BCUT2D eigenvalue weighted by atomic mass is 10.0. The normalized spacial score (nSPS) is 26.6. The van der Waals surface area contributed by atoms with Crippen molar-refractivity contribution in [1.29, 1.82) is 0 Å². The topological polar surface area (TPSA) is 47.4 Å². The third-order valence-corrected chi connectivity index (χ3v) is 5.30. The smallest absolute Gasteiger partial charge is 0.251 e. The van der Waals surface area contributed by atoms with E-state index in [-0.39, 0.29) is 12.0 Å². The average Bonchev–Trinajstić information content (AvgIpc) is 3.09. The van der Waals surface area contributed by atoms with Crippen molar-refractivity contribution in [3.8, 4) is 0 Å². The summed E-state index contributed by atoms with van der Waals surface area (Å²) in [5.74, 6) is 2.17. The molecule has 1 atom stereocenters. The lowest BCUT2D eigenvalue weighted by Gasteiger charge is -2.35. The first kappa shape index (κ1) is 14.2. The maximum atomic E-state index is 12.4. The zero-order valence-electron chi connectivity index (χ0n) is 13.3. The minimum absolute atomic E-state index is 0.173. The van der Waals surface area contributed by atoms with Crippen molar-refractivity contribution >= 4 is 5.91 Å². The standard InChI is InChI=1S/C17H25N3O2/c1-12-11-18-16(13-4-5-13)20(12)14-6-8-19(9-7-14)17(21)15-3-2-10-22-15/h11,13-15H,2-10H2,1H3. The maximum Gasteiger partial charge on any atom is 0.251 e. The summed E-state index contributed by atoms with van der Waals surface area (Å²) in [7, 11) is 0. The van der Waals surface area contributed by atoms with Crippen LogP contribution in [0.4, 0.5) is 0 Å². The Kier molecular flexibility index (Phi) is 3.68. The molecular weight excluding hydrogens is 278 g/mol. The number of carbonyl (C=O) groups excluding carboxylic acids is 1. The van der Waals surface area contributed by atoms with Crippen LogP contribution in [0.15, 0.2) is 6.20 Å².